The van der Waals surface area contributed by atoms with E-state index >= 15 is 0 Å². The summed E-state index contributed by atoms with van der Waals surface area (Å²) in [6, 6.07) is 8.08. The van der Waals surface area contributed by atoms with Gasteiger partial charge in [-0.15, -0.1) is 0 Å². The Labute approximate surface area is 176 Å². The van der Waals surface area contributed by atoms with E-state index < -0.39 is 0 Å². The van der Waals surface area contributed by atoms with E-state index in [4.69, 9.17) is 19.2 Å². The summed E-state index contributed by atoms with van der Waals surface area (Å²) < 4.78 is 17.2. The molecule has 0 saturated heterocycles. The third-order valence-electron chi connectivity index (χ3n) is 5.76. The Morgan fingerprint density at radius 3 is 2.77 bits per heavy atom. The van der Waals surface area contributed by atoms with Crippen molar-refractivity contribution in [2.24, 2.45) is 4.99 Å². The zero-order valence-electron chi connectivity index (χ0n) is 17.6. The number of fused-ring (bicyclic) bond motifs is 1. The van der Waals surface area contributed by atoms with Crippen LogP contribution in [-0.4, -0.2) is 42.6 Å². The second-order valence-electron chi connectivity index (χ2n) is 7.56. The molecule has 2 aliphatic rings. The van der Waals surface area contributed by atoms with Crippen LogP contribution in [0.5, 0.6) is 17.2 Å². The molecule has 7 heteroatoms. The van der Waals surface area contributed by atoms with Crippen LogP contribution in [0.1, 0.15) is 43.0 Å². The van der Waals surface area contributed by atoms with Crippen molar-refractivity contribution in [3.8, 4) is 23.3 Å². The van der Waals surface area contributed by atoms with Crippen molar-refractivity contribution in [1.82, 2.24) is 9.88 Å². The average molecular weight is 406 g/mol. The number of methoxy groups -OCH3 is 2. The molecule has 1 fully saturated rings. The van der Waals surface area contributed by atoms with Crippen LogP contribution in [0.25, 0.3) is 0 Å². The van der Waals surface area contributed by atoms with Crippen molar-refractivity contribution >= 4 is 11.5 Å². The van der Waals surface area contributed by atoms with E-state index in [0.29, 0.717) is 28.5 Å². The normalized spacial score (nSPS) is 16.3. The third kappa shape index (κ3) is 3.78. The molecule has 0 radical (unpaired) electrons. The Bertz CT molecular complexity index is 1010. The van der Waals surface area contributed by atoms with Crippen LogP contribution >= 0.6 is 0 Å². The highest BCUT2D eigenvalue weighted by Crippen LogP contribution is 2.46. The lowest BCUT2D eigenvalue weighted by Gasteiger charge is -2.30. The van der Waals surface area contributed by atoms with Gasteiger partial charge in [-0.3, -0.25) is 4.98 Å². The molecule has 7 nitrogen and oxygen atoms in total. The largest absolute Gasteiger partial charge is 0.493 e. The summed E-state index contributed by atoms with van der Waals surface area (Å²) in [5.41, 5.74) is 3.25. The molecule has 156 valence electrons. The Morgan fingerprint density at radius 2 is 2.10 bits per heavy atom. The first-order valence-corrected chi connectivity index (χ1v) is 10.2. The number of hydrogen-bond donors (Lipinski definition) is 0. The van der Waals surface area contributed by atoms with Gasteiger partial charge < -0.3 is 19.1 Å². The van der Waals surface area contributed by atoms with Crippen molar-refractivity contribution in [3.05, 3.63) is 41.2 Å². The second kappa shape index (κ2) is 8.62. The van der Waals surface area contributed by atoms with Crippen LogP contribution in [0.4, 0.5) is 5.69 Å². The number of amidine groups is 1. The number of nitriles is 1. The van der Waals surface area contributed by atoms with Gasteiger partial charge in [-0.2, -0.15) is 5.26 Å². The predicted molar refractivity (Wildman–Crippen MR) is 114 cm³/mol. The minimum Gasteiger partial charge on any atom is -0.493 e. The molecule has 0 atom stereocenters. The number of ether oxygens (including phenoxy) is 3. The Kier molecular flexibility index (Phi) is 5.75. The molecule has 0 bridgehead atoms. The Morgan fingerprint density at radius 1 is 1.27 bits per heavy atom. The van der Waals surface area contributed by atoms with E-state index in [1.807, 2.05) is 19.2 Å². The van der Waals surface area contributed by atoms with Crippen LogP contribution in [-0.2, 0) is 13.0 Å². The van der Waals surface area contributed by atoms with Gasteiger partial charge in [-0.1, -0.05) is 6.07 Å². The third-order valence-corrected chi connectivity index (χ3v) is 5.76. The molecule has 0 unspecified atom stereocenters. The van der Waals surface area contributed by atoms with Gasteiger partial charge in [-0.25, -0.2) is 4.99 Å². The summed E-state index contributed by atoms with van der Waals surface area (Å²) in [6.07, 6.45) is 5.89. The first-order valence-electron chi connectivity index (χ1n) is 10.2. The fraction of sp³-hybridized carbons (Fsp3) is 0.435. The molecule has 1 aromatic heterocycles. The van der Waals surface area contributed by atoms with Crippen LogP contribution < -0.4 is 14.2 Å². The molecule has 1 aliphatic heterocycles. The summed E-state index contributed by atoms with van der Waals surface area (Å²) in [5, 5.41) is 9.92. The van der Waals surface area contributed by atoms with Gasteiger partial charge in [-0.05, 0) is 37.8 Å². The van der Waals surface area contributed by atoms with Gasteiger partial charge in [0.15, 0.2) is 11.5 Å². The quantitative estimate of drug-likeness (QED) is 0.551. The minimum absolute atomic E-state index is 0.0992. The van der Waals surface area contributed by atoms with Crippen LogP contribution in [0.3, 0.4) is 0 Å². The maximum absolute atomic E-state index is 9.92. The van der Waals surface area contributed by atoms with Crippen LogP contribution in [0.2, 0.25) is 0 Å². The fourth-order valence-electron chi connectivity index (χ4n) is 3.80. The summed E-state index contributed by atoms with van der Waals surface area (Å²) in [4.78, 5) is 11.5. The molecule has 2 aromatic rings. The number of aliphatic imine (C=N–C) groups is 1. The average Bonchev–Trinajstić information content (AvgIpc) is 2.75. The lowest BCUT2D eigenvalue weighted by Crippen LogP contribution is -2.34. The lowest BCUT2D eigenvalue weighted by molar-refractivity contribution is 0.115. The molecule has 0 amide bonds. The van der Waals surface area contributed by atoms with Crippen molar-refractivity contribution in [2.45, 2.75) is 45.3 Å². The molecule has 4 rings (SSSR count). The number of rotatable bonds is 5. The first-order chi connectivity index (χ1) is 14.6. The van der Waals surface area contributed by atoms with Crippen LogP contribution in [0, 0.1) is 11.3 Å². The maximum atomic E-state index is 9.92. The smallest absolute Gasteiger partial charge is 0.204 e. The van der Waals surface area contributed by atoms with Gasteiger partial charge in [0.05, 0.1) is 26.0 Å². The molecule has 30 heavy (non-hydrogen) atoms. The number of aromatic nitrogens is 1. The molecular formula is C23H26N4O3. The highest BCUT2D eigenvalue weighted by Gasteiger charge is 2.27. The van der Waals surface area contributed by atoms with E-state index in [2.05, 4.69) is 22.0 Å². The van der Waals surface area contributed by atoms with Gasteiger partial charge in [0, 0.05) is 37.5 Å². The Hall–Kier alpha value is -3.27. The van der Waals surface area contributed by atoms with Gasteiger partial charge in [0.1, 0.15) is 17.5 Å². The topological polar surface area (TPSA) is 80.0 Å². The summed E-state index contributed by atoms with van der Waals surface area (Å²) in [7, 11) is 3.13. The monoisotopic (exact) mass is 406 g/mol. The van der Waals surface area contributed by atoms with E-state index in [1.165, 1.54) is 5.56 Å². The highest BCUT2D eigenvalue weighted by atomic mass is 16.5. The summed E-state index contributed by atoms with van der Waals surface area (Å²) in [5.74, 6) is 2.20. The van der Waals surface area contributed by atoms with E-state index in [9.17, 15) is 5.26 Å². The molecular weight excluding hydrogens is 380 g/mol. The van der Waals surface area contributed by atoms with Crippen molar-refractivity contribution in [2.75, 3.05) is 20.8 Å². The fourth-order valence-corrected chi connectivity index (χ4v) is 3.80. The lowest BCUT2D eigenvalue weighted by atomic mass is 9.96. The van der Waals surface area contributed by atoms with Gasteiger partial charge in [0.25, 0.3) is 0 Å². The molecule has 1 saturated carbocycles. The molecule has 1 aliphatic carbocycles. The van der Waals surface area contributed by atoms with Crippen molar-refractivity contribution in [3.63, 3.8) is 0 Å². The predicted octanol–water partition coefficient (Wildman–Crippen LogP) is 4.01. The number of hydrogen-bond acceptors (Lipinski definition) is 6. The van der Waals surface area contributed by atoms with Crippen molar-refractivity contribution in [1.29, 1.82) is 5.26 Å². The molecule has 2 heterocycles. The highest BCUT2D eigenvalue weighted by molar-refractivity contribution is 5.85. The summed E-state index contributed by atoms with van der Waals surface area (Å²) >= 11 is 0. The second-order valence-corrected chi connectivity index (χ2v) is 7.56. The van der Waals surface area contributed by atoms with E-state index in [-0.39, 0.29) is 6.10 Å². The molecule has 0 spiro atoms. The van der Waals surface area contributed by atoms with E-state index in [1.54, 1.807) is 20.3 Å². The number of nitrogens with zero attached hydrogens (tertiary/aromatic N) is 4. The first kappa shape index (κ1) is 20.0. The molecule has 0 N–H and O–H groups in total. The Balaban J connectivity index is 1.70. The number of benzene rings is 1. The van der Waals surface area contributed by atoms with E-state index in [0.717, 1.165) is 50.3 Å². The van der Waals surface area contributed by atoms with Crippen molar-refractivity contribution < 1.29 is 14.2 Å². The molecule has 1 aromatic carbocycles. The number of pyridine rings is 1. The minimum atomic E-state index is 0.0992. The zero-order chi connectivity index (χ0) is 21.1. The summed E-state index contributed by atoms with van der Waals surface area (Å²) in [6.45, 7) is 3.55. The van der Waals surface area contributed by atoms with Gasteiger partial charge in [0.2, 0.25) is 5.75 Å². The standard InChI is InChI=1S/C23H26N4O3/c1-15(27-11-9-19-16(14-27)6-5-10-25-19)26-20-12-21(28-2)23(29-3)22(18(20)13-24)30-17-7-4-8-17/h5-6,10,12,17H,4,7-9,11,14H2,1-3H3/b26-15+. The maximum Gasteiger partial charge on any atom is 0.204 e. The van der Waals surface area contributed by atoms with Crippen LogP contribution in [0.15, 0.2) is 29.4 Å². The SMILES string of the molecule is COc1cc(/N=C(\C)N2CCc3ncccc3C2)c(C#N)c(OC2CCC2)c1OC. The zero-order valence-corrected chi connectivity index (χ0v) is 17.6. The van der Waals surface area contributed by atoms with Gasteiger partial charge >= 0.3 is 0 Å².